The number of hydrogen-bond acceptors (Lipinski definition) is 4. The van der Waals surface area contributed by atoms with E-state index in [0.717, 1.165) is 44.0 Å². The smallest absolute Gasteiger partial charge is 0.0992 e. The van der Waals surface area contributed by atoms with Crippen LogP contribution in [0.1, 0.15) is 31.1 Å². The van der Waals surface area contributed by atoms with Gasteiger partial charge in [-0.1, -0.05) is 13.0 Å². The Morgan fingerprint density at radius 2 is 2.00 bits per heavy atom. The minimum absolute atomic E-state index is 0.507. The van der Waals surface area contributed by atoms with Crippen LogP contribution >= 0.6 is 0 Å². The predicted octanol–water partition coefficient (Wildman–Crippen LogP) is 1.75. The van der Waals surface area contributed by atoms with E-state index in [9.17, 15) is 5.11 Å². The molecule has 1 fully saturated rings. The van der Waals surface area contributed by atoms with Gasteiger partial charge in [0.05, 0.1) is 17.7 Å². The summed E-state index contributed by atoms with van der Waals surface area (Å²) in [7, 11) is 0. The van der Waals surface area contributed by atoms with Crippen LogP contribution in [0.2, 0.25) is 0 Å². The number of aliphatic hydroxyl groups is 1. The maximum absolute atomic E-state index is 9.88. The van der Waals surface area contributed by atoms with Crippen LogP contribution in [-0.2, 0) is 0 Å². The zero-order valence-corrected chi connectivity index (χ0v) is 11.6. The minimum Gasteiger partial charge on any atom is -0.389 e. The Labute approximate surface area is 114 Å². The molecule has 1 aromatic rings. The second-order valence-corrected chi connectivity index (χ2v) is 4.98. The van der Waals surface area contributed by atoms with Gasteiger partial charge >= 0.3 is 0 Å². The highest BCUT2D eigenvalue weighted by atomic mass is 16.3. The van der Waals surface area contributed by atoms with Crippen LogP contribution in [-0.4, -0.2) is 42.7 Å². The molecule has 4 nitrogen and oxygen atoms in total. The third-order valence-corrected chi connectivity index (χ3v) is 3.77. The number of anilines is 1. The normalized spacial score (nSPS) is 18.1. The van der Waals surface area contributed by atoms with E-state index in [2.05, 4.69) is 22.8 Å². The lowest BCUT2D eigenvalue weighted by molar-refractivity contribution is 0.199. The maximum Gasteiger partial charge on any atom is 0.0992 e. The zero-order chi connectivity index (χ0) is 13.8. The lowest BCUT2D eigenvalue weighted by Gasteiger charge is -2.36. The molecule has 1 saturated heterocycles. The molecule has 1 heterocycles. The Morgan fingerprint density at radius 3 is 2.53 bits per heavy atom. The van der Waals surface area contributed by atoms with Crippen molar-refractivity contribution in [3.8, 4) is 6.07 Å². The summed E-state index contributed by atoms with van der Waals surface area (Å²) in [4.78, 5) is 4.68. The molecule has 19 heavy (non-hydrogen) atoms. The SMILES string of the molecule is CCN1CCN(c2cc(C#N)ccc2[C@H](C)O)CC1. The first-order valence-corrected chi connectivity index (χ1v) is 6.85. The standard InChI is InChI=1S/C15H21N3O/c1-3-17-6-8-18(9-7-17)15-10-13(11-16)4-5-14(15)12(2)19/h4-5,10,12,19H,3,6-9H2,1-2H3/t12-/m0/s1. The first-order chi connectivity index (χ1) is 9.15. The van der Waals surface area contributed by atoms with Gasteiger partial charge in [0.15, 0.2) is 0 Å². The van der Waals surface area contributed by atoms with Crippen molar-refractivity contribution in [3.63, 3.8) is 0 Å². The van der Waals surface area contributed by atoms with Crippen LogP contribution in [0.15, 0.2) is 18.2 Å². The molecule has 0 spiro atoms. The molecule has 2 rings (SSSR count). The van der Waals surface area contributed by atoms with Crippen molar-refractivity contribution in [1.82, 2.24) is 4.90 Å². The van der Waals surface area contributed by atoms with Crippen molar-refractivity contribution in [2.45, 2.75) is 20.0 Å². The molecule has 1 atom stereocenters. The van der Waals surface area contributed by atoms with Crippen molar-refractivity contribution >= 4 is 5.69 Å². The summed E-state index contributed by atoms with van der Waals surface area (Å²) in [5.41, 5.74) is 2.56. The fourth-order valence-corrected chi connectivity index (χ4v) is 2.55. The van der Waals surface area contributed by atoms with Crippen molar-refractivity contribution in [3.05, 3.63) is 29.3 Å². The summed E-state index contributed by atoms with van der Waals surface area (Å²) in [5.74, 6) is 0. The number of likely N-dealkylation sites (N-methyl/N-ethyl adjacent to an activating group) is 1. The quantitative estimate of drug-likeness (QED) is 0.898. The first-order valence-electron chi connectivity index (χ1n) is 6.85. The van der Waals surface area contributed by atoms with Gasteiger partial charge in [0, 0.05) is 37.4 Å². The minimum atomic E-state index is -0.507. The Bertz CT molecular complexity index is 471. The second kappa shape index (κ2) is 6.05. The highest BCUT2D eigenvalue weighted by Crippen LogP contribution is 2.28. The van der Waals surface area contributed by atoms with E-state index in [0.29, 0.717) is 5.56 Å². The summed E-state index contributed by atoms with van der Waals surface area (Å²) in [5, 5.41) is 18.9. The summed E-state index contributed by atoms with van der Waals surface area (Å²) in [6.45, 7) is 8.99. The van der Waals surface area contributed by atoms with Gasteiger partial charge < -0.3 is 14.9 Å². The third-order valence-electron chi connectivity index (χ3n) is 3.77. The van der Waals surface area contributed by atoms with Gasteiger partial charge in [-0.3, -0.25) is 0 Å². The summed E-state index contributed by atoms with van der Waals surface area (Å²) >= 11 is 0. The number of benzene rings is 1. The summed E-state index contributed by atoms with van der Waals surface area (Å²) in [6, 6.07) is 7.70. The monoisotopic (exact) mass is 259 g/mol. The molecule has 0 aromatic heterocycles. The molecule has 0 aliphatic carbocycles. The molecule has 102 valence electrons. The molecular formula is C15H21N3O. The molecule has 0 bridgehead atoms. The lowest BCUT2D eigenvalue weighted by atomic mass is 10.0. The number of hydrogen-bond donors (Lipinski definition) is 1. The third kappa shape index (κ3) is 3.06. The van der Waals surface area contributed by atoms with Crippen molar-refractivity contribution < 1.29 is 5.11 Å². The van der Waals surface area contributed by atoms with Crippen molar-refractivity contribution in [1.29, 1.82) is 5.26 Å². The van der Waals surface area contributed by atoms with Crippen LogP contribution in [0, 0.1) is 11.3 Å². The van der Waals surface area contributed by atoms with Gasteiger partial charge in [-0.2, -0.15) is 5.26 Å². The predicted molar refractivity (Wildman–Crippen MR) is 76.1 cm³/mol. The highest BCUT2D eigenvalue weighted by Gasteiger charge is 2.20. The van der Waals surface area contributed by atoms with E-state index >= 15 is 0 Å². The average Bonchev–Trinajstić information content (AvgIpc) is 2.46. The number of nitriles is 1. The van der Waals surface area contributed by atoms with E-state index in [1.807, 2.05) is 12.1 Å². The lowest BCUT2D eigenvalue weighted by Crippen LogP contribution is -2.46. The molecule has 0 saturated carbocycles. The molecule has 0 unspecified atom stereocenters. The Morgan fingerprint density at radius 1 is 1.32 bits per heavy atom. The fraction of sp³-hybridized carbons (Fsp3) is 0.533. The van der Waals surface area contributed by atoms with E-state index < -0.39 is 6.10 Å². The molecule has 1 aliphatic rings. The van der Waals surface area contributed by atoms with Gasteiger partial charge in [0.2, 0.25) is 0 Å². The number of nitrogens with zero attached hydrogens (tertiary/aromatic N) is 3. The number of piperazine rings is 1. The van der Waals surface area contributed by atoms with E-state index in [-0.39, 0.29) is 0 Å². The average molecular weight is 259 g/mol. The van der Waals surface area contributed by atoms with Crippen molar-refractivity contribution in [2.75, 3.05) is 37.6 Å². The Balaban J connectivity index is 2.25. The molecule has 4 heteroatoms. The topological polar surface area (TPSA) is 50.5 Å². The highest BCUT2D eigenvalue weighted by molar-refractivity contribution is 5.58. The molecule has 1 aliphatic heterocycles. The summed E-state index contributed by atoms with van der Waals surface area (Å²) < 4.78 is 0. The Kier molecular flexibility index (Phi) is 4.41. The maximum atomic E-state index is 9.88. The van der Waals surface area contributed by atoms with Gasteiger partial charge in [0.1, 0.15) is 0 Å². The van der Waals surface area contributed by atoms with Crippen molar-refractivity contribution in [2.24, 2.45) is 0 Å². The van der Waals surface area contributed by atoms with Crippen LogP contribution in [0.5, 0.6) is 0 Å². The van der Waals surface area contributed by atoms with Gasteiger partial charge in [0.25, 0.3) is 0 Å². The largest absolute Gasteiger partial charge is 0.389 e. The fourth-order valence-electron chi connectivity index (χ4n) is 2.55. The molecule has 0 amide bonds. The van der Waals surface area contributed by atoms with E-state index in [1.165, 1.54) is 0 Å². The molecule has 1 aromatic carbocycles. The van der Waals surface area contributed by atoms with Crippen LogP contribution in [0.3, 0.4) is 0 Å². The number of aliphatic hydroxyl groups excluding tert-OH is 1. The zero-order valence-electron chi connectivity index (χ0n) is 11.6. The molecule has 0 radical (unpaired) electrons. The molecule has 1 N–H and O–H groups in total. The van der Waals surface area contributed by atoms with Gasteiger partial charge in [-0.05, 0) is 25.6 Å². The van der Waals surface area contributed by atoms with Gasteiger partial charge in [-0.25, -0.2) is 0 Å². The van der Waals surface area contributed by atoms with E-state index in [4.69, 9.17) is 5.26 Å². The first kappa shape index (κ1) is 13.9. The molecular weight excluding hydrogens is 238 g/mol. The van der Waals surface area contributed by atoms with Crippen LogP contribution < -0.4 is 4.90 Å². The van der Waals surface area contributed by atoms with Crippen LogP contribution in [0.4, 0.5) is 5.69 Å². The second-order valence-electron chi connectivity index (χ2n) is 4.98. The Hall–Kier alpha value is -1.57. The summed E-state index contributed by atoms with van der Waals surface area (Å²) in [6.07, 6.45) is -0.507. The van der Waals surface area contributed by atoms with Gasteiger partial charge in [-0.15, -0.1) is 0 Å². The van der Waals surface area contributed by atoms with E-state index in [1.54, 1.807) is 13.0 Å². The number of rotatable bonds is 3. The van der Waals surface area contributed by atoms with Crippen LogP contribution in [0.25, 0.3) is 0 Å².